The number of ketones is 1. The molecule has 0 radical (unpaired) electrons. The van der Waals surface area contributed by atoms with Crippen LogP contribution in [0, 0.1) is 6.92 Å². The van der Waals surface area contributed by atoms with Gasteiger partial charge in [-0.2, -0.15) is 0 Å². The van der Waals surface area contributed by atoms with Crippen molar-refractivity contribution in [2.45, 2.75) is 19.8 Å². The predicted molar refractivity (Wildman–Crippen MR) is 82.3 cm³/mol. The highest BCUT2D eigenvalue weighted by molar-refractivity contribution is 9.10. The van der Waals surface area contributed by atoms with Crippen LogP contribution in [-0.2, 0) is 0 Å². The van der Waals surface area contributed by atoms with Crippen molar-refractivity contribution in [2.75, 3.05) is 6.61 Å². The quantitative estimate of drug-likeness (QED) is 0.555. The van der Waals surface area contributed by atoms with Gasteiger partial charge in [0.05, 0.1) is 11.5 Å². The lowest BCUT2D eigenvalue weighted by Gasteiger charge is -2.09. The number of halogens is 1. The van der Waals surface area contributed by atoms with Crippen LogP contribution in [0.25, 0.3) is 0 Å². The average Bonchev–Trinajstić information content (AvgIpc) is 2.92. The second kappa shape index (κ2) is 6.87. The first-order valence-electron chi connectivity index (χ1n) is 6.12. The van der Waals surface area contributed by atoms with Crippen LogP contribution < -0.4 is 4.74 Å². The molecule has 100 valence electrons. The standard InChI is InChI=1S/C15H15BrO2S/c1-11-6-7-12(16)10-14(11)18-8-2-4-13(17)15-5-3-9-19-15/h3,5-7,9-10H,2,4,8H2,1H3. The molecule has 0 bridgehead atoms. The molecular formula is C15H15BrO2S. The molecule has 1 heterocycles. The van der Waals surface area contributed by atoms with Crippen LogP contribution in [0.1, 0.15) is 28.1 Å². The Balaban J connectivity index is 1.78. The molecule has 0 N–H and O–H groups in total. The van der Waals surface area contributed by atoms with Crippen molar-refractivity contribution in [3.8, 4) is 5.75 Å². The van der Waals surface area contributed by atoms with E-state index in [-0.39, 0.29) is 5.78 Å². The highest BCUT2D eigenvalue weighted by Crippen LogP contribution is 2.23. The molecule has 0 fully saturated rings. The Morgan fingerprint density at radius 1 is 1.37 bits per heavy atom. The number of benzene rings is 1. The van der Waals surface area contributed by atoms with Crippen LogP contribution in [0.3, 0.4) is 0 Å². The van der Waals surface area contributed by atoms with Crippen LogP contribution in [0.15, 0.2) is 40.2 Å². The summed E-state index contributed by atoms with van der Waals surface area (Å²) in [6.07, 6.45) is 1.27. The summed E-state index contributed by atoms with van der Waals surface area (Å²) in [6, 6.07) is 9.72. The monoisotopic (exact) mass is 338 g/mol. The molecule has 1 aromatic carbocycles. The minimum Gasteiger partial charge on any atom is -0.493 e. The van der Waals surface area contributed by atoms with E-state index in [0.717, 1.165) is 27.1 Å². The summed E-state index contributed by atoms with van der Waals surface area (Å²) < 4.78 is 6.71. The number of rotatable bonds is 6. The topological polar surface area (TPSA) is 26.3 Å². The van der Waals surface area contributed by atoms with Crippen molar-refractivity contribution in [3.63, 3.8) is 0 Å². The van der Waals surface area contributed by atoms with Gasteiger partial charge in [-0.3, -0.25) is 4.79 Å². The zero-order valence-corrected chi connectivity index (χ0v) is 13.1. The minimum absolute atomic E-state index is 0.199. The minimum atomic E-state index is 0.199. The fourth-order valence-electron chi connectivity index (χ4n) is 1.70. The number of aryl methyl sites for hydroxylation is 1. The average molecular weight is 339 g/mol. The van der Waals surface area contributed by atoms with Crippen LogP contribution in [0.5, 0.6) is 5.75 Å². The van der Waals surface area contributed by atoms with Crippen LogP contribution >= 0.6 is 27.3 Å². The molecule has 0 unspecified atom stereocenters. The van der Waals surface area contributed by atoms with E-state index in [1.807, 2.05) is 42.6 Å². The van der Waals surface area contributed by atoms with Crippen molar-refractivity contribution in [3.05, 3.63) is 50.6 Å². The van der Waals surface area contributed by atoms with Gasteiger partial charge in [0.1, 0.15) is 5.75 Å². The molecule has 4 heteroatoms. The van der Waals surface area contributed by atoms with Crippen molar-refractivity contribution in [1.29, 1.82) is 0 Å². The molecule has 0 saturated heterocycles. The van der Waals surface area contributed by atoms with Gasteiger partial charge in [-0.05, 0) is 42.5 Å². The molecule has 0 aliphatic carbocycles. The van der Waals surface area contributed by atoms with Gasteiger partial charge in [-0.1, -0.05) is 28.1 Å². The summed E-state index contributed by atoms with van der Waals surface area (Å²) in [6.45, 7) is 2.58. The zero-order chi connectivity index (χ0) is 13.7. The van der Waals surface area contributed by atoms with E-state index in [9.17, 15) is 4.79 Å². The molecule has 0 amide bonds. The predicted octanol–water partition coefficient (Wildman–Crippen LogP) is 4.86. The Morgan fingerprint density at radius 2 is 2.21 bits per heavy atom. The molecule has 2 rings (SSSR count). The molecule has 19 heavy (non-hydrogen) atoms. The number of carbonyl (C=O) groups excluding carboxylic acids is 1. The highest BCUT2D eigenvalue weighted by atomic mass is 79.9. The van der Waals surface area contributed by atoms with E-state index in [1.165, 1.54) is 11.3 Å². The Labute approximate surface area is 125 Å². The maximum absolute atomic E-state index is 11.8. The van der Waals surface area contributed by atoms with E-state index >= 15 is 0 Å². The lowest BCUT2D eigenvalue weighted by Crippen LogP contribution is -2.03. The fourth-order valence-corrected chi connectivity index (χ4v) is 2.74. The lowest BCUT2D eigenvalue weighted by atomic mass is 10.2. The van der Waals surface area contributed by atoms with Gasteiger partial charge in [-0.25, -0.2) is 0 Å². The van der Waals surface area contributed by atoms with E-state index < -0.39 is 0 Å². The summed E-state index contributed by atoms with van der Waals surface area (Å²) in [7, 11) is 0. The normalized spacial score (nSPS) is 10.4. The maximum atomic E-state index is 11.8. The first-order chi connectivity index (χ1) is 9.16. The van der Waals surface area contributed by atoms with E-state index in [4.69, 9.17) is 4.74 Å². The fraction of sp³-hybridized carbons (Fsp3) is 0.267. The molecule has 0 aliphatic heterocycles. The third kappa shape index (κ3) is 4.18. The second-order valence-electron chi connectivity index (χ2n) is 4.26. The van der Waals surface area contributed by atoms with Gasteiger partial charge in [0, 0.05) is 10.9 Å². The SMILES string of the molecule is Cc1ccc(Br)cc1OCCCC(=O)c1cccs1. The Kier molecular flexibility index (Phi) is 5.16. The summed E-state index contributed by atoms with van der Waals surface area (Å²) in [5.41, 5.74) is 1.10. The van der Waals surface area contributed by atoms with Crippen molar-refractivity contribution in [2.24, 2.45) is 0 Å². The van der Waals surface area contributed by atoms with Crippen molar-refractivity contribution < 1.29 is 9.53 Å². The number of ether oxygens (including phenoxy) is 1. The van der Waals surface area contributed by atoms with E-state index in [0.29, 0.717) is 13.0 Å². The zero-order valence-electron chi connectivity index (χ0n) is 10.7. The number of Topliss-reactive ketones (excluding diaryl/α,β-unsaturated/α-hetero) is 1. The molecule has 1 aromatic heterocycles. The summed E-state index contributed by atoms with van der Waals surface area (Å²) in [5, 5.41) is 1.93. The van der Waals surface area contributed by atoms with E-state index in [1.54, 1.807) is 0 Å². The van der Waals surface area contributed by atoms with Gasteiger partial charge in [0.15, 0.2) is 5.78 Å². The van der Waals surface area contributed by atoms with Crippen molar-refractivity contribution >= 4 is 33.0 Å². The maximum Gasteiger partial charge on any atom is 0.172 e. The molecule has 0 aliphatic rings. The number of thiophene rings is 1. The smallest absolute Gasteiger partial charge is 0.172 e. The molecule has 2 aromatic rings. The molecule has 2 nitrogen and oxygen atoms in total. The molecular weight excluding hydrogens is 324 g/mol. The Morgan fingerprint density at radius 3 is 2.95 bits per heavy atom. The van der Waals surface area contributed by atoms with Crippen LogP contribution in [0.4, 0.5) is 0 Å². The third-order valence-corrected chi connectivity index (χ3v) is 4.16. The first-order valence-corrected chi connectivity index (χ1v) is 7.80. The number of hydrogen-bond donors (Lipinski definition) is 0. The Bertz CT molecular complexity index is 549. The largest absolute Gasteiger partial charge is 0.493 e. The molecule has 0 saturated carbocycles. The number of hydrogen-bond acceptors (Lipinski definition) is 3. The number of carbonyl (C=O) groups is 1. The highest BCUT2D eigenvalue weighted by Gasteiger charge is 2.06. The van der Waals surface area contributed by atoms with Crippen molar-refractivity contribution in [1.82, 2.24) is 0 Å². The molecule has 0 spiro atoms. The van der Waals surface area contributed by atoms with Gasteiger partial charge in [0.2, 0.25) is 0 Å². The van der Waals surface area contributed by atoms with Gasteiger partial charge < -0.3 is 4.74 Å². The van der Waals surface area contributed by atoms with Crippen LogP contribution in [0.2, 0.25) is 0 Å². The van der Waals surface area contributed by atoms with Gasteiger partial charge >= 0.3 is 0 Å². The van der Waals surface area contributed by atoms with Crippen LogP contribution in [-0.4, -0.2) is 12.4 Å². The second-order valence-corrected chi connectivity index (χ2v) is 6.13. The molecule has 0 atom stereocenters. The summed E-state index contributed by atoms with van der Waals surface area (Å²) >= 11 is 4.92. The van der Waals surface area contributed by atoms with Gasteiger partial charge in [0.25, 0.3) is 0 Å². The van der Waals surface area contributed by atoms with Gasteiger partial charge in [-0.15, -0.1) is 11.3 Å². The third-order valence-electron chi connectivity index (χ3n) is 2.75. The summed E-state index contributed by atoms with van der Waals surface area (Å²) in [4.78, 5) is 12.6. The summed E-state index contributed by atoms with van der Waals surface area (Å²) in [5.74, 6) is 1.07. The Hall–Kier alpha value is -1.13. The first kappa shape index (κ1) is 14.3. The lowest BCUT2D eigenvalue weighted by molar-refractivity contribution is 0.0977. The van der Waals surface area contributed by atoms with E-state index in [2.05, 4.69) is 15.9 Å².